The third-order valence-electron chi connectivity index (χ3n) is 3.88. The van der Waals surface area contributed by atoms with Gasteiger partial charge >= 0.3 is 0 Å². The predicted octanol–water partition coefficient (Wildman–Crippen LogP) is 4.90. The Labute approximate surface area is 155 Å². The smallest absolute Gasteiger partial charge is 0.277 e. The molecule has 0 radical (unpaired) electrons. The SMILES string of the molecule is COc1cc(/C=C\c2ccc(C(C)(F)F)cc2[N+](=O)[O-])cc(OC)c1OC. The monoisotopic (exact) mass is 379 g/mol. The van der Waals surface area contributed by atoms with E-state index in [4.69, 9.17) is 14.2 Å². The van der Waals surface area contributed by atoms with Crippen LogP contribution in [0.5, 0.6) is 17.2 Å². The molecule has 27 heavy (non-hydrogen) atoms. The number of benzene rings is 2. The van der Waals surface area contributed by atoms with Crippen LogP contribution in [-0.2, 0) is 5.92 Å². The Morgan fingerprint density at radius 1 is 1.00 bits per heavy atom. The van der Waals surface area contributed by atoms with Gasteiger partial charge in [0.25, 0.3) is 11.6 Å². The number of nitro benzene ring substituents is 1. The van der Waals surface area contributed by atoms with E-state index in [1.54, 1.807) is 18.2 Å². The van der Waals surface area contributed by atoms with Gasteiger partial charge in [-0.25, -0.2) is 8.78 Å². The van der Waals surface area contributed by atoms with E-state index in [2.05, 4.69) is 0 Å². The molecular formula is C19H19F2NO5. The molecule has 2 aromatic carbocycles. The van der Waals surface area contributed by atoms with Crippen molar-refractivity contribution in [2.24, 2.45) is 0 Å². The molecule has 2 rings (SSSR count). The Morgan fingerprint density at radius 2 is 1.59 bits per heavy atom. The van der Waals surface area contributed by atoms with Crippen molar-refractivity contribution in [3.63, 3.8) is 0 Å². The molecule has 0 unspecified atom stereocenters. The second-order valence-corrected chi connectivity index (χ2v) is 5.71. The quantitative estimate of drug-likeness (QED) is 0.389. The number of hydrogen-bond donors (Lipinski definition) is 0. The number of nitrogens with zero attached hydrogens (tertiary/aromatic N) is 1. The molecule has 0 spiro atoms. The molecule has 0 aliphatic rings. The first-order valence-corrected chi connectivity index (χ1v) is 7.86. The number of methoxy groups -OCH3 is 3. The van der Waals surface area contributed by atoms with Crippen molar-refractivity contribution in [2.45, 2.75) is 12.8 Å². The number of nitro groups is 1. The van der Waals surface area contributed by atoms with Gasteiger partial charge in [0.1, 0.15) is 0 Å². The van der Waals surface area contributed by atoms with Crippen LogP contribution in [0, 0.1) is 10.1 Å². The standard InChI is InChI=1S/C19H19F2NO5/c1-19(20,21)14-8-7-13(15(11-14)22(23)24)6-5-12-9-16(25-2)18(27-4)17(10-12)26-3/h5-11H,1-4H3/b6-5-. The summed E-state index contributed by atoms with van der Waals surface area (Å²) in [5.74, 6) is -1.90. The van der Waals surface area contributed by atoms with Gasteiger partial charge in [0.2, 0.25) is 5.75 Å². The number of hydrogen-bond acceptors (Lipinski definition) is 5. The Hall–Kier alpha value is -3.16. The summed E-state index contributed by atoms with van der Waals surface area (Å²) in [7, 11) is 4.42. The summed E-state index contributed by atoms with van der Waals surface area (Å²) in [6.07, 6.45) is 3.06. The summed E-state index contributed by atoms with van der Waals surface area (Å²) in [5.41, 5.74) is 0.00213. The largest absolute Gasteiger partial charge is 0.493 e. The van der Waals surface area contributed by atoms with Crippen LogP contribution < -0.4 is 14.2 Å². The maximum atomic E-state index is 13.4. The Balaban J connectivity index is 2.47. The molecule has 2 aromatic rings. The summed E-state index contributed by atoms with van der Waals surface area (Å²) in [6, 6.07) is 6.67. The van der Waals surface area contributed by atoms with Crippen molar-refractivity contribution in [3.05, 3.63) is 57.1 Å². The fraction of sp³-hybridized carbons (Fsp3) is 0.263. The second kappa shape index (κ2) is 8.03. The Kier molecular flexibility index (Phi) is 5.99. The molecule has 6 nitrogen and oxygen atoms in total. The van der Waals surface area contributed by atoms with Gasteiger partial charge < -0.3 is 14.2 Å². The summed E-state index contributed by atoms with van der Waals surface area (Å²) >= 11 is 0. The lowest BCUT2D eigenvalue weighted by Crippen LogP contribution is -2.07. The number of halogens is 2. The highest BCUT2D eigenvalue weighted by Gasteiger charge is 2.27. The van der Waals surface area contributed by atoms with Crippen LogP contribution in [0.1, 0.15) is 23.6 Å². The van der Waals surface area contributed by atoms with Gasteiger partial charge in [-0.2, -0.15) is 0 Å². The van der Waals surface area contributed by atoms with Gasteiger partial charge in [-0.15, -0.1) is 0 Å². The summed E-state index contributed by atoms with van der Waals surface area (Å²) in [5, 5.41) is 11.3. The summed E-state index contributed by atoms with van der Waals surface area (Å²) in [6.45, 7) is 0.692. The maximum absolute atomic E-state index is 13.4. The van der Waals surface area contributed by atoms with E-state index < -0.39 is 22.1 Å². The van der Waals surface area contributed by atoms with Gasteiger partial charge in [0.05, 0.1) is 31.8 Å². The summed E-state index contributed by atoms with van der Waals surface area (Å²) < 4.78 is 42.6. The fourth-order valence-electron chi connectivity index (χ4n) is 2.50. The highest BCUT2D eigenvalue weighted by atomic mass is 19.3. The molecule has 0 bridgehead atoms. The zero-order valence-electron chi connectivity index (χ0n) is 15.3. The van der Waals surface area contributed by atoms with Crippen molar-refractivity contribution < 1.29 is 27.9 Å². The van der Waals surface area contributed by atoms with Crippen LogP contribution in [0.3, 0.4) is 0 Å². The van der Waals surface area contributed by atoms with Crippen LogP contribution in [0.2, 0.25) is 0 Å². The van der Waals surface area contributed by atoms with Gasteiger partial charge in [0, 0.05) is 18.6 Å². The first-order valence-electron chi connectivity index (χ1n) is 7.86. The van der Waals surface area contributed by atoms with Crippen molar-refractivity contribution in [3.8, 4) is 17.2 Å². The van der Waals surface area contributed by atoms with E-state index in [9.17, 15) is 18.9 Å². The number of ether oxygens (including phenoxy) is 3. The van der Waals surface area contributed by atoms with Crippen LogP contribution in [0.4, 0.5) is 14.5 Å². The lowest BCUT2D eigenvalue weighted by Gasteiger charge is -2.13. The van der Waals surface area contributed by atoms with Gasteiger partial charge in [-0.3, -0.25) is 10.1 Å². The molecule has 0 aliphatic carbocycles. The van der Waals surface area contributed by atoms with E-state index in [0.717, 1.165) is 6.07 Å². The minimum Gasteiger partial charge on any atom is -0.493 e. The minimum absolute atomic E-state index is 0.196. The van der Waals surface area contributed by atoms with Crippen molar-refractivity contribution in [1.82, 2.24) is 0 Å². The number of alkyl halides is 2. The molecule has 8 heteroatoms. The topological polar surface area (TPSA) is 70.8 Å². The molecule has 0 fully saturated rings. The Bertz CT molecular complexity index is 850. The van der Waals surface area contributed by atoms with Crippen LogP contribution in [0.15, 0.2) is 30.3 Å². The lowest BCUT2D eigenvalue weighted by atomic mass is 10.0. The fourth-order valence-corrected chi connectivity index (χ4v) is 2.50. The highest BCUT2D eigenvalue weighted by molar-refractivity contribution is 5.76. The van der Waals surface area contributed by atoms with E-state index in [-0.39, 0.29) is 5.56 Å². The predicted molar refractivity (Wildman–Crippen MR) is 97.7 cm³/mol. The van der Waals surface area contributed by atoms with E-state index in [1.165, 1.54) is 39.5 Å². The molecule has 0 aliphatic heterocycles. The molecule has 0 N–H and O–H groups in total. The van der Waals surface area contributed by atoms with E-state index in [0.29, 0.717) is 29.7 Å². The van der Waals surface area contributed by atoms with Crippen molar-refractivity contribution >= 4 is 17.8 Å². The van der Waals surface area contributed by atoms with Crippen LogP contribution >= 0.6 is 0 Å². The molecule has 0 heterocycles. The molecule has 0 amide bonds. The van der Waals surface area contributed by atoms with Crippen molar-refractivity contribution in [2.75, 3.05) is 21.3 Å². The summed E-state index contributed by atoms with van der Waals surface area (Å²) in [4.78, 5) is 10.6. The molecule has 0 aromatic heterocycles. The zero-order valence-corrected chi connectivity index (χ0v) is 15.3. The Morgan fingerprint density at radius 3 is 2.04 bits per heavy atom. The third kappa shape index (κ3) is 4.52. The molecule has 0 saturated heterocycles. The molecule has 0 saturated carbocycles. The zero-order chi connectivity index (χ0) is 20.2. The van der Waals surface area contributed by atoms with Crippen molar-refractivity contribution in [1.29, 1.82) is 0 Å². The first-order chi connectivity index (χ1) is 12.7. The average molecular weight is 379 g/mol. The van der Waals surface area contributed by atoms with Crippen LogP contribution in [-0.4, -0.2) is 26.3 Å². The normalized spacial score (nSPS) is 11.5. The minimum atomic E-state index is -3.16. The molecule has 144 valence electrons. The molecular weight excluding hydrogens is 360 g/mol. The van der Waals surface area contributed by atoms with Crippen LogP contribution in [0.25, 0.3) is 12.2 Å². The van der Waals surface area contributed by atoms with Gasteiger partial charge in [0.15, 0.2) is 11.5 Å². The average Bonchev–Trinajstić information content (AvgIpc) is 2.64. The van der Waals surface area contributed by atoms with E-state index in [1.807, 2.05) is 0 Å². The van der Waals surface area contributed by atoms with E-state index >= 15 is 0 Å². The number of rotatable bonds is 7. The first kappa shape index (κ1) is 20.2. The maximum Gasteiger partial charge on any atom is 0.277 e. The second-order valence-electron chi connectivity index (χ2n) is 5.71. The van der Waals surface area contributed by atoms with Gasteiger partial charge in [-0.05, 0) is 29.8 Å². The lowest BCUT2D eigenvalue weighted by molar-refractivity contribution is -0.385. The highest BCUT2D eigenvalue weighted by Crippen LogP contribution is 2.39. The van der Waals surface area contributed by atoms with Gasteiger partial charge in [-0.1, -0.05) is 12.1 Å². The molecule has 0 atom stereocenters. The third-order valence-corrected chi connectivity index (χ3v) is 3.88.